The third-order valence-corrected chi connectivity index (χ3v) is 7.88. The summed E-state index contributed by atoms with van der Waals surface area (Å²) in [5, 5.41) is 14.8. The van der Waals surface area contributed by atoms with E-state index in [0.717, 1.165) is 16.8 Å². The van der Waals surface area contributed by atoms with Gasteiger partial charge in [-0.05, 0) is 92.5 Å². The molecule has 0 unspecified atom stereocenters. The molecule has 2 aromatic heterocycles. The summed E-state index contributed by atoms with van der Waals surface area (Å²) >= 11 is 0. The van der Waals surface area contributed by atoms with Crippen LogP contribution in [0.3, 0.4) is 0 Å². The van der Waals surface area contributed by atoms with Crippen molar-refractivity contribution in [2.75, 3.05) is 18.7 Å². The van der Waals surface area contributed by atoms with E-state index in [1.54, 1.807) is 68.4 Å². The van der Waals surface area contributed by atoms with E-state index in [1.165, 1.54) is 12.4 Å². The summed E-state index contributed by atoms with van der Waals surface area (Å²) in [4.78, 5) is 26.5. The molecule has 0 radical (unpaired) electrons. The van der Waals surface area contributed by atoms with Crippen LogP contribution in [-0.2, 0) is 45.2 Å². The first-order valence-corrected chi connectivity index (χ1v) is 16.8. The van der Waals surface area contributed by atoms with E-state index in [1.807, 2.05) is 0 Å². The number of phosphoric acid groups is 1. The van der Waals surface area contributed by atoms with Gasteiger partial charge in [-0.25, -0.2) is 22.5 Å². The Labute approximate surface area is 283 Å². The Hall–Kier alpha value is -3.69. The standard InChI is InChI=1S/C32H43F3N5O8P/c1-30(2,3)46-29(42)40-28(38-25(41)11-10-20-16-23(33)26(35)24(34)17-20)22(27(39-40)21-12-14-36-37-18-21)13-15-44-19-45-49(43,47-31(4,5)6)48-32(7,8)9/h12,14,16-18H,10-11,13,15,19H2,1-9H3,(H,38,41). The summed E-state index contributed by atoms with van der Waals surface area (Å²) < 4.78 is 83.0. The molecule has 17 heteroatoms. The number of nitrogens with one attached hydrogen (secondary N) is 1. The number of aromatic nitrogens is 4. The molecule has 1 aromatic carbocycles. The lowest BCUT2D eigenvalue weighted by molar-refractivity contribution is -0.116. The maximum atomic E-state index is 13.8. The van der Waals surface area contributed by atoms with Gasteiger partial charge in [-0.3, -0.25) is 18.4 Å². The van der Waals surface area contributed by atoms with E-state index in [9.17, 15) is 27.3 Å². The van der Waals surface area contributed by atoms with Crippen molar-refractivity contribution in [3.8, 4) is 11.3 Å². The molecule has 0 saturated heterocycles. The molecule has 0 saturated carbocycles. The second-order valence-corrected chi connectivity index (χ2v) is 15.4. The molecule has 49 heavy (non-hydrogen) atoms. The average Bonchev–Trinajstić information content (AvgIpc) is 3.30. The Morgan fingerprint density at radius 1 is 0.898 bits per heavy atom. The maximum Gasteiger partial charge on any atom is 0.477 e. The third kappa shape index (κ3) is 12.6. The van der Waals surface area contributed by atoms with Gasteiger partial charge in [0.1, 0.15) is 17.1 Å². The molecular formula is C32H43F3N5O8P. The van der Waals surface area contributed by atoms with Crippen molar-refractivity contribution in [1.82, 2.24) is 20.0 Å². The first kappa shape index (κ1) is 39.7. The van der Waals surface area contributed by atoms with Crippen LogP contribution in [0.25, 0.3) is 11.3 Å². The summed E-state index contributed by atoms with van der Waals surface area (Å²) in [6.45, 7) is 14.5. The van der Waals surface area contributed by atoms with Gasteiger partial charge < -0.3 is 14.8 Å². The van der Waals surface area contributed by atoms with Crippen LogP contribution in [0.15, 0.2) is 30.6 Å². The first-order valence-electron chi connectivity index (χ1n) is 15.4. The van der Waals surface area contributed by atoms with E-state index >= 15 is 0 Å². The lowest BCUT2D eigenvalue weighted by Crippen LogP contribution is -2.29. The van der Waals surface area contributed by atoms with Gasteiger partial charge in [0.2, 0.25) is 5.91 Å². The molecule has 0 atom stereocenters. The number of hydrogen-bond donors (Lipinski definition) is 1. The van der Waals surface area contributed by atoms with Crippen molar-refractivity contribution in [2.24, 2.45) is 0 Å². The molecule has 0 aliphatic rings. The van der Waals surface area contributed by atoms with Crippen LogP contribution >= 0.6 is 7.82 Å². The molecule has 2 heterocycles. The van der Waals surface area contributed by atoms with Gasteiger partial charge in [0.15, 0.2) is 24.2 Å². The van der Waals surface area contributed by atoms with E-state index in [2.05, 4.69) is 20.6 Å². The van der Waals surface area contributed by atoms with Crippen LogP contribution in [0.1, 0.15) is 79.9 Å². The van der Waals surface area contributed by atoms with Gasteiger partial charge in [-0.2, -0.15) is 15.3 Å². The highest BCUT2D eigenvalue weighted by Gasteiger charge is 2.37. The summed E-state index contributed by atoms with van der Waals surface area (Å²) in [5.41, 5.74) is -1.61. The minimum Gasteiger partial charge on any atom is -0.442 e. The fraction of sp³-hybridized carbons (Fsp3) is 0.531. The second-order valence-electron chi connectivity index (χ2n) is 13.9. The fourth-order valence-electron chi connectivity index (χ4n) is 4.20. The number of carbonyl (C=O) groups excluding carboxylic acids is 2. The Morgan fingerprint density at radius 3 is 2.04 bits per heavy atom. The fourth-order valence-corrected chi connectivity index (χ4v) is 5.89. The van der Waals surface area contributed by atoms with Crippen molar-refractivity contribution >= 4 is 25.6 Å². The van der Waals surface area contributed by atoms with Gasteiger partial charge in [0, 0.05) is 24.0 Å². The lowest BCUT2D eigenvalue weighted by atomic mass is 10.1. The maximum absolute atomic E-state index is 13.8. The van der Waals surface area contributed by atoms with Crippen molar-refractivity contribution in [1.29, 1.82) is 0 Å². The third-order valence-electron chi connectivity index (χ3n) is 5.91. The van der Waals surface area contributed by atoms with E-state index in [-0.39, 0.29) is 42.9 Å². The molecular weight excluding hydrogens is 670 g/mol. The van der Waals surface area contributed by atoms with Crippen molar-refractivity contribution in [3.05, 3.63) is 59.2 Å². The molecule has 1 N–H and O–H groups in total. The Bertz CT molecular complexity index is 1620. The zero-order valence-electron chi connectivity index (χ0n) is 29.1. The highest BCUT2D eigenvalue weighted by Crippen LogP contribution is 2.55. The number of hydrogen-bond acceptors (Lipinski definition) is 11. The van der Waals surface area contributed by atoms with Crippen LogP contribution in [0.4, 0.5) is 23.8 Å². The lowest BCUT2D eigenvalue weighted by Gasteiger charge is -2.30. The Morgan fingerprint density at radius 2 is 1.51 bits per heavy atom. The molecule has 1 amide bonds. The number of benzene rings is 1. The van der Waals surface area contributed by atoms with E-state index in [4.69, 9.17) is 23.0 Å². The SMILES string of the molecule is CC(C)(C)OC(=O)n1nc(-c2ccnnc2)c(CCOCOP(=O)(OC(C)(C)C)OC(C)(C)C)c1NC(=O)CCc1cc(F)c(F)c(F)c1. The summed E-state index contributed by atoms with van der Waals surface area (Å²) in [6, 6.07) is 3.19. The monoisotopic (exact) mass is 713 g/mol. The molecule has 13 nitrogen and oxygen atoms in total. The molecule has 0 fully saturated rings. The zero-order chi connectivity index (χ0) is 36.8. The minimum absolute atomic E-state index is 0.0262. The van der Waals surface area contributed by atoms with Crippen LogP contribution in [-0.4, -0.2) is 62.2 Å². The van der Waals surface area contributed by atoms with E-state index < -0.39 is 60.9 Å². The summed E-state index contributed by atoms with van der Waals surface area (Å²) in [5.74, 6) is -5.10. The average molecular weight is 714 g/mol. The number of carbonyl (C=O) groups is 2. The molecule has 270 valence electrons. The molecule has 0 aliphatic carbocycles. The number of anilines is 1. The highest BCUT2D eigenvalue weighted by atomic mass is 31.2. The molecule has 0 spiro atoms. The second kappa shape index (κ2) is 15.9. The molecule has 3 aromatic rings. The summed E-state index contributed by atoms with van der Waals surface area (Å²) in [6.07, 6.45) is 1.49. The van der Waals surface area contributed by atoms with Crippen molar-refractivity contribution in [3.63, 3.8) is 0 Å². The number of nitrogens with zero attached hydrogens (tertiary/aromatic N) is 4. The van der Waals surface area contributed by atoms with Crippen LogP contribution < -0.4 is 5.32 Å². The van der Waals surface area contributed by atoms with Gasteiger partial charge in [0.25, 0.3) is 0 Å². The number of aryl methyl sites for hydroxylation is 1. The molecule has 3 rings (SSSR count). The largest absolute Gasteiger partial charge is 0.477 e. The highest BCUT2D eigenvalue weighted by molar-refractivity contribution is 7.48. The number of rotatable bonds is 13. The van der Waals surface area contributed by atoms with Crippen LogP contribution in [0.5, 0.6) is 0 Å². The molecule has 0 aliphatic heterocycles. The molecule has 0 bridgehead atoms. The van der Waals surface area contributed by atoms with Crippen molar-refractivity contribution < 1.29 is 50.4 Å². The Balaban J connectivity index is 1.91. The van der Waals surface area contributed by atoms with E-state index in [0.29, 0.717) is 11.1 Å². The predicted octanol–water partition coefficient (Wildman–Crippen LogP) is 7.38. The smallest absolute Gasteiger partial charge is 0.442 e. The number of halogens is 3. The van der Waals surface area contributed by atoms with Gasteiger partial charge >= 0.3 is 13.9 Å². The topological polar surface area (TPSA) is 153 Å². The predicted molar refractivity (Wildman–Crippen MR) is 173 cm³/mol. The quantitative estimate of drug-likeness (QED) is 0.0817. The number of amides is 1. The van der Waals surface area contributed by atoms with Crippen molar-refractivity contribution in [2.45, 2.75) is 98.4 Å². The van der Waals surface area contributed by atoms with Crippen LogP contribution in [0.2, 0.25) is 0 Å². The normalized spacial score (nSPS) is 12.7. The van der Waals surface area contributed by atoms with Gasteiger partial charge in [0.05, 0.1) is 30.2 Å². The Kier molecular flexibility index (Phi) is 12.9. The summed E-state index contributed by atoms with van der Waals surface area (Å²) in [7, 11) is -4.07. The van der Waals surface area contributed by atoms with Gasteiger partial charge in [-0.15, -0.1) is 4.68 Å². The van der Waals surface area contributed by atoms with Gasteiger partial charge in [-0.1, -0.05) is 0 Å². The first-order chi connectivity index (χ1) is 22.6. The zero-order valence-corrected chi connectivity index (χ0v) is 30.0. The van der Waals surface area contributed by atoms with Crippen LogP contribution in [0, 0.1) is 17.5 Å². The number of phosphoric ester groups is 1. The minimum atomic E-state index is -4.07. The number of ether oxygens (including phenoxy) is 2.